The smallest absolute Gasteiger partial charge is 0.157 e. The van der Waals surface area contributed by atoms with E-state index in [-0.39, 0.29) is 34.4 Å². The van der Waals surface area contributed by atoms with Crippen LogP contribution in [-0.4, -0.2) is 23.3 Å². The first kappa shape index (κ1) is 16.1. The van der Waals surface area contributed by atoms with Crippen molar-refractivity contribution in [1.82, 2.24) is 5.32 Å². The predicted octanol–water partition coefficient (Wildman–Crippen LogP) is 3.61. The molecule has 0 fully saturated rings. The molecular formula is C16H17BrClNO2. The number of hydrogen-bond donors (Lipinski definition) is 3. The molecule has 3 N–H and O–H groups in total. The van der Waals surface area contributed by atoms with E-state index in [4.69, 9.17) is 11.6 Å². The zero-order valence-corrected chi connectivity index (χ0v) is 13.8. The van der Waals surface area contributed by atoms with Gasteiger partial charge in [-0.3, -0.25) is 0 Å². The second kappa shape index (κ2) is 6.69. The number of phenols is 2. The van der Waals surface area contributed by atoms with Gasteiger partial charge >= 0.3 is 0 Å². The Morgan fingerprint density at radius 1 is 1.10 bits per heavy atom. The third-order valence-corrected chi connectivity index (χ3v) is 4.02. The van der Waals surface area contributed by atoms with Crippen molar-refractivity contribution in [2.75, 3.05) is 13.1 Å². The van der Waals surface area contributed by atoms with Gasteiger partial charge in [0.25, 0.3) is 0 Å². The molecule has 0 saturated heterocycles. The van der Waals surface area contributed by atoms with Crippen LogP contribution in [0.1, 0.15) is 22.6 Å². The molecule has 0 radical (unpaired) electrons. The van der Waals surface area contributed by atoms with Crippen LogP contribution in [0.15, 0.2) is 36.4 Å². The lowest BCUT2D eigenvalue weighted by molar-refractivity contribution is 0.402. The lowest BCUT2D eigenvalue weighted by atomic mass is 9.88. The highest BCUT2D eigenvalue weighted by molar-refractivity contribution is 8.93. The molecule has 112 valence electrons. The summed E-state index contributed by atoms with van der Waals surface area (Å²) < 4.78 is 0. The van der Waals surface area contributed by atoms with Gasteiger partial charge in [-0.1, -0.05) is 23.7 Å². The van der Waals surface area contributed by atoms with Crippen molar-refractivity contribution in [3.8, 4) is 11.5 Å². The Hall–Kier alpha value is -1.23. The van der Waals surface area contributed by atoms with Gasteiger partial charge in [-0.25, -0.2) is 0 Å². The van der Waals surface area contributed by atoms with Gasteiger partial charge in [-0.05, 0) is 53.9 Å². The van der Waals surface area contributed by atoms with Gasteiger partial charge in [0.1, 0.15) is 0 Å². The average molecular weight is 371 g/mol. The first-order chi connectivity index (χ1) is 9.65. The van der Waals surface area contributed by atoms with Crippen LogP contribution >= 0.6 is 28.6 Å². The number of rotatable bonds is 1. The Bertz CT molecular complexity index is 648. The minimum Gasteiger partial charge on any atom is -0.504 e. The zero-order valence-electron chi connectivity index (χ0n) is 11.3. The monoisotopic (exact) mass is 369 g/mol. The van der Waals surface area contributed by atoms with Crippen molar-refractivity contribution >= 4 is 28.6 Å². The van der Waals surface area contributed by atoms with Gasteiger partial charge in [0.15, 0.2) is 11.5 Å². The summed E-state index contributed by atoms with van der Waals surface area (Å²) in [5, 5.41) is 23.6. The molecule has 1 aliphatic rings. The normalized spacial score (nSPS) is 17.5. The highest BCUT2D eigenvalue weighted by atomic mass is 79.9. The van der Waals surface area contributed by atoms with Crippen LogP contribution in [0.2, 0.25) is 5.02 Å². The average Bonchev–Trinajstić information content (AvgIpc) is 2.62. The summed E-state index contributed by atoms with van der Waals surface area (Å²) in [5.74, 6) is -0.00845. The Balaban J connectivity index is 0.00000161. The van der Waals surface area contributed by atoms with E-state index < -0.39 is 0 Å². The van der Waals surface area contributed by atoms with E-state index in [9.17, 15) is 10.2 Å². The summed E-state index contributed by atoms with van der Waals surface area (Å²) >= 11 is 6.08. The molecule has 2 aromatic carbocycles. The van der Waals surface area contributed by atoms with Gasteiger partial charge in [0.05, 0.1) is 0 Å². The van der Waals surface area contributed by atoms with Crippen molar-refractivity contribution in [2.45, 2.75) is 12.3 Å². The maximum atomic E-state index is 9.79. The molecule has 0 aromatic heterocycles. The number of nitrogens with one attached hydrogen (secondary N) is 1. The van der Waals surface area contributed by atoms with Crippen LogP contribution in [0.25, 0.3) is 0 Å². The van der Waals surface area contributed by atoms with E-state index in [2.05, 4.69) is 5.32 Å². The number of benzene rings is 2. The van der Waals surface area contributed by atoms with E-state index in [1.54, 1.807) is 12.1 Å². The van der Waals surface area contributed by atoms with Gasteiger partial charge < -0.3 is 15.5 Å². The molecule has 0 bridgehead atoms. The molecule has 0 spiro atoms. The number of halogens is 2. The molecular weight excluding hydrogens is 354 g/mol. The van der Waals surface area contributed by atoms with Crippen molar-refractivity contribution in [3.05, 3.63) is 58.1 Å². The van der Waals surface area contributed by atoms with E-state index in [0.717, 1.165) is 36.2 Å². The first-order valence-electron chi connectivity index (χ1n) is 6.66. The van der Waals surface area contributed by atoms with Crippen molar-refractivity contribution in [2.24, 2.45) is 0 Å². The maximum absolute atomic E-state index is 9.79. The summed E-state index contributed by atoms with van der Waals surface area (Å²) in [6, 6.07) is 11.1. The molecule has 1 aliphatic heterocycles. The third kappa shape index (κ3) is 3.34. The summed E-state index contributed by atoms with van der Waals surface area (Å²) in [4.78, 5) is 0. The molecule has 0 aliphatic carbocycles. The van der Waals surface area contributed by atoms with Crippen LogP contribution in [0.4, 0.5) is 0 Å². The lowest BCUT2D eigenvalue weighted by Crippen LogP contribution is -2.20. The minimum absolute atomic E-state index is 0. The van der Waals surface area contributed by atoms with Crippen LogP contribution in [0.3, 0.4) is 0 Å². The largest absolute Gasteiger partial charge is 0.504 e. The predicted molar refractivity (Wildman–Crippen MR) is 90.0 cm³/mol. The second-order valence-corrected chi connectivity index (χ2v) is 5.54. The van der Waals surface area contributed by atoms with Crippen LogP contribution in [0.5, 0.6) is 11.5 Å². The van der Waals surface area contributed by atoms with E-state index in [0.29, 0.717) is 5.02 Å². The molecule has 0 saturated carbocycles. The van der Waals surface area contributed by atoms with Crippen molar-refractivity contribution < 1.29 is 10.2 Å². The highest BCUT2D eigenvalue weighted by Crippen LogP contribution is 2.36. The molecule has 0 amide bonds. The van der Waals surface area contributed by atoms with Crippen LogP contribution in [-0.2, 0) is 6.42 Å². The lowest BCUT2D eigenvalue weighted by Gasteiger charge is -2.19. The van der Waals surface area contributed by atoms with Gasteiger partial charge in [0, 0.05) is 17.5 Å². The van der Waals surface area contributed by atoms with E-state index >= 15 is 0 Å². The molecule has 1 heterocycles. The summed E-state index contributed by atoms with van der Waals surface area (Å²) in [5.41, 5.74) is 3.22. The van der Waals surface area contributed by atoms with E-state index in [1.807, 2.05) is 24.3 Å². The Kier molecular flexibility index (Phi) is 5.14. The fraction of sp³-hybridized carbons (Fsp3) is 0.250. The Labute approximate surface area is 139 Å². The SMILES string of the molecule is Br.Oc1cc2c(cc1O)C(c1cccc(Cl)c1)CNCC2. The Morgan fingerprint density at radius 3 is 2.62 bits per heavy atom. The van der Waals surface area contributed by atoms with E-state index in [1.165, 1.54) is 0 Å². The minimum atomic E-state index is -0.0716. The molecule has 5 heteroatoms. The third-order valence-electron chi connectivity index (χ3n) is 3.78. The van der Waals surface area contributed by atoms with Crippen LogP contribution in [0, 0.1) is 0 Å². The van der Waals surface area contributed by atoms with Crippen molar-refractivity contribution in [3.63, 3.8) is 0 Å². The van der Waals surface area contributed by atoms with Gasteiger partial charge in [0.2, 0.25) is 0 Å². The topological polar surface area (TPSA) is 52.5 Å². The molecule has 2 aromatic rings. The second-order valence-electron chi connectivity index (χ2n) is 5.10. The molecule has 1 atom stereocenters. The summed E-state index contributed by atoms with van der Waals surface area (Å²) in [6.07, 6.45) is 0.834. The highest BCUT2D eigenvalue weighted by Gasteiger charge is 2.22. The number of aromatic hydroxyl groups is 2. The summed E-state index contributed by atoms with van der Waals surface area (Å²) in [7, 11) is 0. The number of fused-ring (bicyclic) bond motifs is 1. The zero-order chi connectivity index (χ0) is 14.1. The fourth-order valence-corrected chi connectivity index (χ4v) is 2.98. The molecule has 21 heavy (non-hydrogen) atoms. The van der Waals surface area contributed by atoms with Crippen LogP contribution < -0.4 is 5.32 Å². The number of hydrogen-bond acceptors (Lipinski definition) is 3. The fourth-order valence-electron chi connectivity index (χ4n) is 2.78. The maximum Gasteiger partial charge on any atom is 0.157 e. The first-order valence-corrected chi connectivity index (χ1v) is 7.04. The molecule has 3 nitrogen and oxygen atoms in total. The Morgan fingerprint density at radius 2 is 1.86 bits per heavy atom. The standard InChI is InChI=1S/C16H16ClNO2.BrH/c17-12-3-1-2-10(6-12)14-9-18-5-4-11-7-15(19)16(20)8-13(11)14;/h1-3,6-8,14,18-20H,4-5,9H2;1H. The van der Waals surface area contributed by atoms with Gasteiger partial charge in [-0.15, -0.1) is 17.0 Å². The number of phenolic OH excluding ortho intramolecular Hbond substituents is 2. The molecule has 3 rings (SSSR count). The van der Waals surface area contributed by atoms with Gasteiger partial charge in [-0.2, -0.15) is 0 Å². The molecule has 1 unspecified atom stereocenters. The quantitative estimate of drug-likeness (QED) is 0.672. The summed E-state index contributed by atoms with van der Waals surface area (Å²) in [6.45, 7) is 1.64. The van der Waals surface area contributed by atoms with Crippen molar-refractivity contribution in [1.29, 1.82) is 0 Å².